The second-order valence-electron chi connectivity index (χ2n) is 7.33. The molecule has 0 unspecified atom stereocenters. The number of anilines is 2. The summed E-state index contributed by atoms with van der Waals surface area (Å²) in [6.45, 7) is 8.86. The molecule has 1 fully saturated rings. The third-order valence-corrected chi connectivity index (χ3v) is 5.53. The van der Waals surface area contributed by atoms with Gasteiger partial charge in [-0.25, -0.2) is 0 Å². The van der Waals surface area contributed by atoms with Crippen molar-refractivity contribution in [2.75, 3.05) is 56.7 Å². The maximum Gasteiger partial charge on any atom is 0.262 e. The Kier molecular flexibility index (Phi) is 8.20. The summed E-state index contributed by atoms with van der Waals surface area (Å²) >= 11 is 6.21. The second kappa shape index (κ2) is 11.1. The van der Waals surface area contributed by atoms with Crippen LogP contribution in [0, 0.1) is 0 Å². The molecule has 0 radical (unpaired) electrons. The summed E-state index contributed by atoms with van der Waals surface area (Å²) < 4.78 is 11.1. The summed E-state index contributed by atoms with van der Waals surface area (Å²) in [4.78, 5) is 17.3. The summed E-state index contributed by atoms with van der Waals surface area (Å²) in [5.74, 6) is 0.851. The van der Waals surface area contributed by atoms with Crippen molar-refractivity contribution in [1.82, 2.24) is 4.90 Å². The van der Waals surface area contributed by atoms with Crippen molar-refractivity contribution in [3.05, 3.63) is 53.1 Å². The number of carbonyl (C=O) groups is 1. The minimum Gasteiger partial charge on any atom is -0.493 e. The number of carbonyl (C=O) groups excluding carboxylic acids is 1. The summed E-state index contributed by atoms with van der Waals surface area (Å²) in [6, 6.07) is 11.2. The maximum atomic E-state index is 12.6. The van der Waals surface area contributed by atoms with Crippen LogP contribution in [0.2, 0.25) is 5.02 Å². The van der Waals surface area contributed by atoms with Crippen molar-refractivity contribution < 1.29 is 14.3 Å². The summed E-state index contributed by atoms with van der Waals surface area (Å²) in [5.41, 5.74) is 2.67. The van der Waals surface area contributed by atoms with Gasteiger partial charge in [-0.2, -0.15) is 0 Å². The summed E-state index contributed by atoms with van der Waals surface area (Å²) in [5, 5.41) is 3.53. The van der Waals surface area contributed by atoms with E-state index in [1.165, 1.54) is 0 Å². The van der Waals surface area contributed by atoms with Crippen LogP contribution in [0.5, 0.6) is 11.5 Å². The molecule has 0 saturated carbocycles. The van der Waals surface area contributed by atoms with Gasteiger partial charge in [0.25, 0.3) is 5.91 Å². The van der Waals surface area contributed by atoms with E-state index in [9.17, 15) is 4.79 Å². The fourth-order valence-electron chi connectivity index (χ4n) is 3.62. The van der Waals surface area contributed by atoms with E-state index in [4.69, 9.17) is 21.1 Å². The molecule has 1 aliphatic heterocycles. The van der Waals surface area contributed by atoms with E-state index in [0.29, 0.717) is 22.2 Å². The number of rotatable bonds is 8. The van der Waals surface area contributed by atoms with Crippen LogP contribution in [0.4, 0.5) is 11.4 Å². The van der Waals surface area contributed by atoms with Gasteiger partial charge in [-0.05, 0) is 49.4 Å². The Balaban J connectivity index is 1.66. The zero-order valence-corrected chi connectivity index (χ0v) is 19.1. The average Bonchev–Trinajstić information content (AvgIpc) is 2.78. The van der Waals surface area contributed by atoms with Crippen LogP contribution in [-0.4, -0.2) is 57.2 Å². The molecule has 3 rings (SSSR count). The van der Waals surface area contributed by atoms with Gasteiger partial charge in [0.2, 0.25) is 0 Å². The maximum absolute atomic E-state index is 12.6. The molecule has 6 nitrogen and oxygen atoms in total. The van der Waals surface area contributed by atoms with Crippen molar-refractivity contribution in [2.45, 2.75) is 13.8 Å². The molecule has 1 amide bonds. The molecule has 166 valence electrons. The van der Waals surface area contributed by atoms with Crippen molar-refractivity contribution in [3.63, 3.8) is 0 Å². The first kappa shape index (κ1) is 23.0. The molecule has 1 saturated heterocycles. The fraction of sp³-hybridized carbons (Fsp3) is 0.375. The molecule has 0 bridgehead atoms. The van der Waals surface area contributed by atoms with Gasteiger partial charge >= 0.3 is 0 Å². The number of nitrogens with one attached hydrogen (secondary N) is 1. The van der Waals surface area contributed by atoms with Crippen molar-refractivity contribution in [2.24, 2.45) is 0 Å². The molecule has 0 spiro atoms. The Hall–Kier alpha value is -2.70. The molecular weight excluding hydrogens is 414 g/mol. The monoisotopic (exact) mass is 443 g/mol. The number of methoxy groups -OCH3 is 1. The van der Waals surface area contributed by atoms with Crippen LogP contribution >= 0.6 is 11.6 Å². The molecule has 1 N–H and O–H groups in total. The van der Waals surface area contributed by atoms with Crippen LogP contribution in [-0.2, 0) is 4.79 Å². The zero-order chi connectivity index (χ0) is 22.2. The van der Waals surface area contributed by atoms with Crippen molar-refractivity contribution in [1.29, 1.82) is 0 Å². The Labute approximate surface area is 189 Å². The van der Waals surface area contributed by atoms with Gasteiger partial charge in [0, 0.05) is 31.2 Å². The van der Waals surface area contributed by atoms with Crippen LogP contribution < -0.4 is 19.7 Å². The first-order valence-corrected chi connectivity index (χ1v) is 10.9. The Morgan fingerprint density at radius 3 is 2.58 bits per heavy atom. The Bertz CT molecular complexity index is 924. The highest BCUT2D eigenvalue weighted by atomic mass is 35.5. The Morgan fingerprint density at radius 2 is 1.90 bits per heavy atom. The molecule has 1 heterocycles. The van der Waals surface area contributed by atoms with Gasteiger partial charge in [-0.3, -0.25) is 4.79 Å². The number of likely N-dealkylation sites (N-methyl/N-ethyl adjacent to an activating group) is 1. The number of piperazine rings is 1. The number of ether oxygens (including phenoxy) is 2. The SMILES string of the molecule is C/C=C/c1ccc(OCC(=O)Nc2cc(Cl)ccc2N2CCN(CC)CC2)c(OC)c1. The van der Waals surface area contributed by atoms with E-state index in [1.54, 1.807) is 19.2 Å². The number of nitrogens with zero attached hydrogens (tertiary/aromatic N) is 2. The summed E-state index contributed by atoms with van der Waals surface area (Å²) in [7, 11) is 1.58. The van der Waals surface area contributed by atoms with Crippen LogP contribution in [0.15, 0.2) is 42.5 Å². The fourth-order valence-corrected chi connectivity index (χ4v) is 3.79. The van der Waals surface area contributed by atoms with Crippen LogP contribution in [0.3, 0.4) is 0 Å². The summed E-state index contributed by atoms with van der Waals surface area (Å²) in [6.07, 6.45) is 3.92. The highest BCUT2D eigenvalue weighted by molar-refractivity contribution is 6.31. The van der Waals surface area contributed by atoms with E-state index in [0.717, 1.165) is 44.0 Å². The van der Waals surface area contributed by atoms with Gasteiger partial charge in [0.05, 0.1) is 18.5 Å². The number of benzene rings is 2. The minimum absolute atomic E-state index is 0.130. The zero-order valence-electron chi connectivity index (χ0n) is 18.4. The topological polar surface area (TPSA) is 54.0 Å². The molecule has 1 aliphatic rings. The second-order valence-corrected chi connectivity index (χ2v) is 7.77. The standard InChI is InChI=1S/C24H30ClN3O3/c1-4-6-18-7-10-22(23(15-18)30-3)31-17-24(29)26-20-16-19(25)8-9-21(20)28-13-11-27(5-2)12-14-28/h4,6-10,15-16H,5,11-14,17H2,1-3H3,(H,26,29)/b6-4+. The number of halogens is 1. The van der Waals surface area contributed by atoms with E-state index >= 15 is 0 Å². The van der Waals surface area contributed by atoms with E-state index < -0.39 is 0 Å². The molecule has 31 heavy (non-hydrogen) atoms. The highest BCUT2D eigenvalue weighted by Gasteiger charge is 2.19. The van der Waals surface area contributed by atoms with Gasteiger partial charge in [-0.15, -0.1) is 0 Å². The van der Waals surface area contributed by atoms with E-state index in [-0.39, 0.29) is 12.5 Å². The first-order chi connectivity index (χ1) is 15.0. The molecule has 7 heteroatoms. The van der Waals surface area contributed by atoms with Crippen molar-refractivity contribution in [3.8, 4) is 11.5 Å². The predicted octanol–water partition coefficient (Wildman–Crippen LogP) is 4.54. The lowest BCUT2D eigenvalue weighted by molar-refractivity contribution is -0.118. The third-order valence-electron chi connectivity index (χ3n) is 5.30. The first-order valence-electron chi connectivity index (χ1n) is 10.5. The molecule has 0 aromatic heterocycles. The lowest BCUT2D eigenvalue weighted by Crippen LogP contribution is -2.46. The molecule has 0 atom stereocenters. The highest BCUT2D eigenvalue weighted by Crippen LogP contribution is 2.31. The van der Waals surface area contributed by atoms with E-state index in [1.807, 2.05) is 43.3 Å². The number of hydrogen-bond donors (Lipinski definition) is 1. The van der Waals surface area contributed by atoms with Crippen LogP contribution in [0.1, 0.15) is 19.4 Å². The molecule has 2 aromatic rings. The smallest absolute Gasteiger partial charge is 0.262 e. The number of amides is 1. The lowest BCUT2D eigenvalue weighted by atomic mass is 10.2. The number of hydrogen-bond acceptors (Lipinski definition) is 5. The van der Waals surface area contributed by atoms with Gasteiger partial charge in [0.15, 0.2) is 18.1 Å². The van der Waals surface area contributed by atoms with Gasteiger partial charge in [0.1, 0.15) is 0 Å². The minimum atomic E-state index is -0.254. The largest absolute Gasteiger partial charge is 0.493 e. The lowest BCUT2D eigenvalue weighted by Gasteiger charge is -2.36. The van der Waals surface area contributed by atoms with Gasteiger partial charge in [-0.1, -0.05) is 36.7 Å². The molecule has 0 aliphatic carbocycles. The quantitative estimate of drug-likeness (QED) is 0.649. The van der Waals surface area contributed by atoms with Crippen LogP contribution in [0.25, 0.3) is 6.08 Å². The normalized spacial score (nSPS) is 14.6. The predicted molar refractivity (Wildman–Crippen MR) is 128 cm³/mol. The third kappa shape index (κ3) is 6.15. The molecule has 2 aromatic carbocycles. The molecular formula is C24H30ClN3O3. The Morgan fingerprint density at radius 1 is 1.13 bits per heavy atom. The van der Waals surface area contributed by atoms with Gasteiger partial charge < -0.3 is 24.6 Å². The number of allylic oxidation sites excluding steroid dienone is 1. The average molecular weight is 444 g/mol. The van der Waals surface area contributed by atoms with E-state index in [2.05, 4.69) is 22.0 Å². The van der Waals surface area contributed by atoms with Crippen molar-refractivity contribution >= 4 is 35.0 Å².